The minimum atomic E-state index is -3.41. The molecule has 0 bridgehead atoms. The topological polar surface area (TPSA) is 49.4 Å². The van der Waals surface area contributed by atoms with Crippen LogP contribution in [0.2, 0.25) is 0 Å². The highest BCUT2D eigenvalue weighted by Crippen LogP contribution is 2.25. The zero-order valence-corrected chi connectivity index (χ0v) is 13.2. The van der Waals surface area contributed by atoms with Crippen molar-refractivity contribution in [3.8, 4) is 0 Å². The molecule has 1 heterocycles. The molecule has 0 aliphatic heterocycles. The van der Waals surface area contributed by atoms with Crippen molar-refractivity contribution in [2.45, 2.75) is 31.7 Å². The van der Waals surface area contributed by atoms with Crippen LogP contribution in [0, 0.1) is 0 Å². The molecular formula is C13H22N2O2S2. The van der Waals surface area contributed by atoms with Gasteiger partial charge in [0.1, 0.15) is 0 Å². The minimum absolute atomic E-state index is 0.344. The third-order valence-electron chi connectivity index (χ3n) is 2.72. The Labute approximate surface area is 120 Å². The van der Waals surface area contributed by atoms with Crippen LogP contribution in [0.3, 0.4) is 0 Å². The largest absolute Gasteiger partial charge is 0.312 e. The third-order valence-corrected chi connectivity index (χ3v) is 5.80. The van der Waals surface area contributed by atoms with E-state index in [1.807, 2.05) is 12.3 Å². The van der Waals surface area contributed by atoms with Crippen LogP contribution in [0.1, 0.15) is 25.1 Å². The average molecular weight is 302 g/mol. The zero-order chi connectivity index (χ0) is 14.3. The SMILES string of the molecule is C=CCN(CC)S(=O)(=O)c1ccsc1CNCCC. The van der Waals surface area contributed by atoms with E-state index in [2.05, 4.69) is 18.8 Å². The van der Waals surface area contributed by atoms with Crippen molar-refractivity contribution in [3.05, 3.63) is 29.0 Å². The van der Waals surface area contributed by atoms with Gasteiger partial charge in [0.25, 0.3) is 0 Å². The molecule has 1 aromatic heterocycles. The summed E-state index contributed by atoms with van der Waals surface area (Å²) in [5, 5.41) is 5.08. The summed E-state index contributed by atoms with van der Waals surface area (Å²) in [5.41, 5.74) is 0. The van der Waals surface area contributed by atoms with Gasteiger partial charge in [-0.15, -0.1) is 17.9 Å². The quantitative estimate of drug-likeness (QED) is 0.563. The van der Waals surface area contributed by atoms with E-state index in [4.69, 9.17) is 0 Å². The second-order valence-corrected chi connectivity index (χ2v) is 7.04. The smallest absolute Gasteiger partial charge is 0.244 e. The first-order valence-corrected chi connectivity index (χ1v) is 8.78. The van der Waals surface area contributed by atoms with Gasteiger partial charge in [0.2, 0.25) is 10.0 Å². The number of nitrogens with zero attached hydrogens (tertiary/aromatic N) is 1. The molecule has 0 atom stereocenters. The van der Waals surface area contributed by atoms with Crippen LogP contribution in [0.25, 0.3) is 0 Å². The molecule has 0 saturated heterocycles. The van der Waals surface area contributed by atoms with E-state index in [0.717, 1.165) is 17.8 Å². The molecule has 0 saturated carbocycles. The summed E-state index contributed by atoms with van der Waals surface area (Å²) >= 11 is 1.48. The second-order valence-electron chi connectivity index (χ2n) is 4.13. The Hall–Kier alpha value is -0.690. The minimum Gasteiger partial charge on any atom is -0.312 e. The fourth-order valence-electron chi connectivity index (χ4n) is 1.75. The van der Waals surface area contributed by atoms with Gasteiger partial charge in [0.05, 0.1) is 4.90 Å². The first kappa shape index (κ1) is 16.4. The average Bonchev–Trinajstić information content (AvgIpc) is 2.85. The Morgan fingerprint density at radius 1 is 1.47 bits per heavy atom. The zero-order valence-electron chi connectivity index (χ0n) is 11.6. The number of thiophene rings is 1. The Kier molecular flexibility index (Phi) is 6.71. The van der Waals surface area contributed by atoms with Crippen LogP contribution in [0.4, 0.5) is 0 Å². The maximum atomic E-state index is 12.5. The van der Waals surface area contributed by atoms with E-state index < -0.39 is 10.0 Å². The number of hydrogen-bond acceptors (Lipinski definition) is 4. The first-order chi connectivity index (χ1) is 9.07. The highest BCUT2D eigenvalue weighted by atomic mass is 32.2. The predicted molar refractivity (Wildman–Crippen MR) is 80.9 cm³/mol. The number of sulfonamides is 1. The lowest BCUT2D eigenvalue weighted by molar-refractivity contribution is 0.459. The highest BCUT2D eigenvalue weighted by Gasteiger charge is 2.25. The molecule has 19 heavy (non-hydrogen) atoms. The molecule has 1 rings (SSSR count). The van der Waals surface area contributed by atoms with E-state index in [9.17, 15) is 8.42 Å². The van der Waals surface area contributed by atoms with E-state index in [1.165, 1.54) is 15.6 Å². The van der Waals surface area contributed by atoms with Gasteiger partial charge in [-0.1, -0.05) is 19.9 Å². The molecule has 0 aromatic carbocycles. The van der Waals surface area contributed by atoms with Gasteiger partial charge in [-0.05, 0) is 24.4 Å². The number of nitrogens with one attached hydrogen (secondary N) is 1. The molecule has 108 valence electrons. The summed E-state index contributed by atoms with van der Waals surface area (Å²) in [6.07, 6.45) is 2.65. The van der Waals surface area contributed by atoms with Gasteiger partial charge >= 0.3 is 0 Å². The molecule has 1 aromatic rings. The number of rotatable bonds is 9. The van der Waals surface area contributed by atoms with Gasteiger partial charge in [-0.3, -0.25) is 0 Å². The second kappa shape index (κ2) is 7.79. The molecule has 6 heteroatoms. The Morgan fingerprint density at radius 3 is 2.79 bits per heavy atom. The first-order valence-electron chi connectivity index (χ1n) is 6.46. The molecule has 0 aliphatic rings. The van der Waals surface area contributed by atoms with E-state index in [-0.39, 0.29) is 0 Å². The van der Waals surface area contributed by atoms with Crippen molar-refractivity contribution in [2.24, 2.45) is 0 Å². The molecule has 0 fully saturated rings. The summed E-state index contributed by atoms with van der Waals surface area (Å²) < 4.78 is 26.5. The molecule has 0 spiro atoms. The predicted octanol–water partition coefficient (Wildman–Crippen LogP) is 2.44. The van der Waals surface area contributed by atoms with Crippen molar-refractivity contribution < 1.29 is 8.42 Å². The summed E-state index contributed by atoms with van der Waals surface area (Å²) in [6.45, 7) is 9.82. The van der Waals surface area contributed by atoms with Gasteiger partial charge < -0.3 is 5.32 Å². The van der Waals surface area contributed by atoms with Gasteiger partial charge in [0, 0.05) is 24.5 Å². The van der Waals surface area contributed by atoms with Crippen molar-refractivity contribution in [1.82, 2.24) is 9.62 Å². The third kappa shape index (κ3) is 4.14. The Bertz CT molecular complexity index is 494. The van der Waals surface area contributed by atoms with Gasteiger partial charge in [-0.2, -0.15) is 4.31 Å². The van der Waals surface area contributed by atoms with Crippen LogP contribution in [-0.4, -0.2) is 32.4 Å². The number of hydrogen-bond donors (Lipinski definition) is 1. The van der Waals surface area contributed by atoms with E-state index in [1.54, 1.807) is 12.1 Å². The van der Waals surface area contributed by atoms with E-state index >= 15 is 0 Å². The molecule has 0 amide bonds. The molecular weight excluding hydrogens is 280 g/mol. The fraction of sp³-hybridized carbons (Fsp3) is 0.538. The van der Waals surface area contributed by atoms with Gasteiger partial charge in [-0.25, -0.2) is 8.42 Å². The standard InChI is InChI=1S/C13H22N2O2S2/c1-4-8-14-11-12-13(7-10-18-12)19(16,17)15(6-3)9-5-2/h5,7,10,14H,2,4,6,8-9,11H2,1,3H3. The Balaban J connectivity index is 2.94. The van der Waals surface area contributed by atoms with E-state index in [0.29, 0.717) is 24.5 Å². The lowest BCUT2D eigenvalue weighted by Gasteiger charge is -2.19. The lowest BCUT2D eigenvalue weighted by atomic mass is 10.4. The van der Waals surface area contributed by atoms with Crippen LogP contribution in [0.15, 0.2) is 29.0 Å². The lowest BCUT2D eigenvalue weighted by Crippen LogP contribution is -2.31. The molecule has 4 nitrogen and oxygen atoms in total. The summed E-state index contributed by atoms with van der Waals surface area (Å²) in [5.74, 6) is 0. The van der Waals surface area contributed by atoms with Crippen molar-refractivity contribution in [1.29, 1.82) is 0 Å². The molecule has 0 radical (unpaired) electrons. The summed E-state index contributed by atoms with van der Waals surface area (Å²) in [4.78, 5) is 1.29. The number of likely N-dealkylation sites (N-methyl/N-ethyl adjacent to an activating group) is 1. The maximum absolute atomic E-state index is 12.5. The maximum Gasteiger partial charge on any atom is 0.244 e. The molecule has 0 aliphatic carbocycles. The van der Waals surface area contributed by atoms with Crippen molar-refractivity contribution in [3.63, 3.8) is 0 Å². The fourth-order valence-corrected chi connectivity index (χ4v) is 4.55. The molecule has 1 N–H and O–H groups in total. The summed E-state index contributed by atoms with van der Waals surface area (Å²) in [7, 11) is -3.41. The normalized spacial score (nSPS) is 11.9. The van der Waals surface area contributed by atoms with Crippen molar-refractivity contribution in [2.75, 3.05) is 19.6 Å². The highest BCUT2D eigenvalue weighted by molar-refractivity contribution is 7.89. The van der Waals surface area contributed by atoms with Crippen LogP contribution in [-0.2, 0) is 16.6 Å². The van der Waals surface area contributed by atoms with Crippen molar-refractivity contribution >= 4 is 21.4 Å². The van der Waals surface area contributed by atoms with Crippen LogP contribution >= 0.6 is 11.3 Å². The van der Waals surface area contributed by atoms with Crippen LogP contribution < -0.4 is 5.32 Å². The van der Waals surface area contributed by atoms with Gasteiger partial charge in [0.15, 0.2) is 0 Å². The monoisotopic (exact) mass is 302 g/mol. The summed E-state index contributed by atoms with van der Waals surface area (Å²) in [6, 6.07) is 1.69. The Morgan fingerprint density at radius 2 is 2.21 bits per heavy atom. The molecule has 0 unspecified atom stereocenters. The van der Waals surface area contributed by atoms with Crippen LogP contribution in [0.5, 0.6) is 0 Å².